The number of rotatable bonds is 7. The molecule has 3 aromatic rings. The fraction of sp³-hybridized carbons (Fsp3) is 0.346. The molecular weight excluding hydrogens is 419 g/mol. The lowest BCUT2D eigenvalue weighted by molar-refractivity contribution is 0.0949. The van der Waals surface area contributed by atoms with E-state index in [1.165, 1.54) is 12.1 Å². The molecule has 1 N–H and O–H groups in total. The van der Waals surface area contributed by atoms with Crippen molar-refractivity contribution in [2.75, 3.05) is 20.2 Å². The number of halogens is 1. The molecule has 7 heteroatoms. The number of piperidine rings is 1. The Morgan fingerprint density at radius 2 is 2.03 bits per heavy atom. The number of likely N-dealkylation sites (tertiary alicyclic amines) is 1. The minimum atomic E-state index is -0.216. The maximum atomic E-state index is 13.2. The highest BCUT2D eigenvalue weighted by Crippen LogP contribution is 2.26. The molecular formula is C26H29FN4O2. The number of hydrogen-bond donors (Lipinski definition) is 1. The van der Waals surface area contributed by atoms with Crippen LogP contribution in [0.4, 0.5) is 4.39 Å². The van der Waals surface area contributed by atoms with Crippen molar-refractivity contribution in [3.8, 4) is 5.75 Å². The van der Waals surface area contributed by atoms with Crippen LogP contribution in [0.3, 0.4) is 0 Å². The molecule has 0 spiro atoms. The summed E-state index contributed by atoms with van der Waals surface area (Å²) in [6.45, 7) is 4.87. The van der Waals surface area contributed by atoms with Crippen molar-refractivity contribution in [2.45, 2.75) is 38.8 Å². The molecule has 1 saturated heterocycles. The van der Waals surface area contributed by atoms with E-state index in [-0.39, 0.29) is 17.6 Å². The molecule has 2 heterocycles. The second-order valence-corrected chi connectivity index (χ2v) is 8.46. The van der Waals surface area contributed by atoms with Gasteiger partial charge in [0.15, 0.2) is 0 Å². The van der Waals surface area contributed by atoms with Crippen molar-refractivity contribution in [1.82, 2.24) is 20.2 Å². The van der Waals surface area contributed by atoms with E-state index in [9.17, 15) is 9.18 Å². The summed E-state index contributed by atoms with van der Waals surface area (Å²) in [5.74, 6) is 1.34. The summed E-state index contributed by atoms with van der Waals surface area (Å²) >= 11 is 0. The van der Waals surface area contributed by atoms with Crippen LogP contribution in [-0.2, 0) is 13.1 Å². The number of methoxy groups -OCH3 is 1. The Balaban J connectivity index is 1.37. The molecule has 6 nitrogen and oxygen atoms in total. The number of nitrogens with zero attached hydrogens (tertiary/aromatic N) is 3. The Hall–Kier alpha value is -3.32. The zero-order valence-corrected chi connectivity index (χ0v) is 19.1. The maximum absolute atomic E-state index is 13.2. The Morgan fingerprint density at radius 1 is 1.21 bits per heavy atom. The molecule has 0 aliphatic carbocycles. The number of ether oxygens (including phenoxy) is 1. The van der Waals surface area contributed by atoms with Crippen molar-refractivity contribution >= 4 is 5.91 Å². The van der Waals surface area contributed by atoms with Gasteiger partial charge in [-0.3, -0.25) is 9.69 Å². The summed E-state index contributed by atoms with van der Waals surface area (Å²) in [5.41, 5.74) is 3.22. The first-order valence-electron chi connectivity index (χ1n) is 11.2. The standard InChI is InChI=1S/C26H29FN4O2/c1-18-24(26(32)29-14-20-5-3-7-23(13-20)33-2)15-28-25(30-18)21-6-4-12-31(17-21)16-19-8-10-22(27)11-9-19/h3,5,7-11,13,15,21H,4,6,12,14,16-17H2,1-2H3,(H,29,32)/t21-/m1/s1. The zero-order valence-electron chi connectivity index (χ0n) is 19.1. The Labute approximate surface area is 193 Å². The number of aryl methyl sites for hydroxylation is 1. The van der Waals surface area contributed by atoms with Gasteiger partial charge in [0.05, 0.1) is 18.4 Å². The van der Waals surface area contributed by atoms with Gasteiger partial charge < -0.3 is 10.1 Å². The molecule has 4 rings (SSSR count). The topological polar surface area (TPSA) is 67.3 Å². The molecule has 1 aliphatic heterocycles. The molecule has 2 aromatic carbocycles. The number of benzene rings is 2. The van der Waals surface area contributed by atoms with Gasteiger partial charge in [-0.05, 0) is 61.7 Å². The zero-order chi connectivity index (χ0) is 23.2. The van der Waals surface area contributed by atoms with Gasteiger partial charge in [0.2, 0.25) is 0 Å². The van der Waals surface area contributed by atoms with Crippen molar-refractivity contribution in [1.29, 1.82) is 0 Å². The smallest absolute Gasteiger partial charge is 0.254 e. The lowest BCUT2D eigenvalue weighted by atomic mass is 9.96. The third-order valence-electron chi connectivity index (χ3n) is 6.02. The van der Waals surface area contributed by atoms with Gasteiger partial charge in [0.25, 0.3) is 5.91 Å². The molecule has 0 bridgehead atoms. The van der Waals surface area contributed by atoms with Crippen molar-refractivity contribution in [2.24, 2.45) is 0 Å². The van der Waals surface area contributed by atoms with Crippen LogP contribution in [-0.4, -0.2) is 41.0 Å². The van der Waals surface area contributed by atoms with Crippen LogP contribution >= 0.6 is 0 Å². The fourth-order valence-corrected chi connectivity index (χ4v) is 4.22. The summed E-state index contributed by atoms with van der Waals surface area (Å²) in [6, 6.07) is 14.3. The molecule has 1 fully saturated rings. The van der Waals surface area contributed by atoms with Crippen LogP contribution in [0.2, 0.25) is 0 Å². The Kier molecular flexibility index (Phi) is 7.29. The predicted molar refractivity (Wildman–Crippen MR) is 125 cm³/mol. The molecule has 33 heavy (non-hydrogen) atoms. The van der Waals surface area contributed by atoms with Crippen LogP contribution in [0.25, 0.3) is 0 Å². The molecule has 0 radical (unpaired) electrons. The maximum Gasteiger partial charge on any atom is 0.254 e. The summed E-state index contributed by atoms with van der Waals surface area (Å²) in [6.07, 6.45) is 3.70. The van der Waals surface area contributed by atoms with Crippen LogP contribution in [0.5, 0.6) is 5.75 Å². The fourth-order valence-electron chi connectivity index (χ4n) is 4.22. The van der Waals surface area contributed by atoms with Gasteiger partial charge in [-0.2, -0.15) is 0 Å². The number of aromatic nitrogens is 2. The van der Waals surface area contributed by atoms with E-state index in [1.54, 1.807) is 13.3 Å². The molecule has 1 atom stereocenters. The van der Waals surface area contributed by atoms with E-state index >= 15 is 0 Å². The first-order chi connectivity index (χ1) is 16.0. The largest absolute Gasteiger partial charge is 0.497 e. The summed E-state index contributed by atoms with van der Waals surface area (Å²) in [4.78, 5) is 24.3. The highest BCUT2D eigenvalue weighted by Gasteiger charge is 2.24. The van der Waals surface area contributed by atoms with Gasteiger partial charge in [0.1, 0.15) is 17.4 Å². The number of nitrogens with one attached hydrogen (secondary N) is 1. The first-order valence-corrected chi connectivity index (χ1v) is 11.2. The number of carbonyl (C=O) groups excluding carboxylic acids is 1. The third kappa shape index (κ3) is 5.93. The van der Waals surface area contributed by atoms with Crippen LogP contribution in [0.15, 0.2) is 54.7 Å². The van der Waals surface area contributed by atoms with Crippen LogP contribution in [0.1, 0.15) is 51.8 Å². The minimum Gasteiger partial charge on any atom is -0.497 e. The minimum absolute atomic E-state index is 0.191. The van der Waals surface area contributed by atoms with E-state index in [4.69, 9.17) is 4.74 Å². The summed E-state index contributed by atoms with van der Waals surface area (Å²) in [5, 5.41) is 2.94. The molecule has 1 aromatic heterocycles. The first kappa shape index (κ1) is 22.9. The predicted octanol–water partition coefficient (Wildman–Crippen LogP) is 4.24. The average Bonchev–Trinajstić information content (AvgIpc) is 2.84. The van der Waals surface area contributed by atoms with Gasteiger partial charge in [-0.15, -0.1) is 0 Å². The Morgan fingerprint density at radius 3 is 2.79 bits per heavy atom. The lowest BCUT2D eigenvalue weighted by Gasteiger charge is -2.32. The SMILES string of the molecule is COc1cccc(CNC(=O)c2cnc([C@@H]3CCCN(Cc4ccc(F)cc4)C3)nc2C)c1. The number of carbonyl (C=O) groups is 1. The van der Waals surface area contributed by atoms with Crippen molar-refractivity contribution in [3.63, 3.8) is 0 Å². The van der Waals surface area contributed by atoms with E-state index < -0.39 is 0 Å². The van der Waals surface area contributed by atoms with E-state index in [2.05, 4.69) is 20.2 Å². The molecule has 172 valence electrons. The van der Waals surface area contributed by atoms with E-state index in [0.29, 0.717) is 17.8 Å². The third-order valence-corrected chi connectivity index (χ3v) is 6.02. The second-order valence-electron chi connectivity index (χ2n) is 8.46. The number of amides is 1. The van der Waals surface area contributed by atoms with Crippen molar-refractivity contribution < 1.29 is 13.9 Å². The molecule has 0 unspecified atom stereocenters. The van der Waals surface area contributed by atoms with Crippen LogP contribution < -0.4 is 10.1 Å². The van der Waals surface area contributed by atoms with Crippen LogP contribution in [0, 0.1) is 12.7 Å². The highest BCUT2D eigenvalue weighted by atomic mass is 19.1. The van der Waals surface area contributed by atoms with E-state index in [0.717, 1.165) is 55.2 Å². The van der Waals surface area contributed by atoms with Gasteiger partial charge in [-0.1, -0.05) is 24.3 Å². The average molecular weight is 449 g/mol. The molecule has 1 aliphatic rings. The highest BCUT2D eigenvalue weighted by molar-refractivity contribution is 5.94. The van der Waals surface area contributed by atoms with Gasteiger partial charge >= 0.3 is 0 Å². The van der Waals surface area contributed by atoms with Crippen molar-refractivity contribution in [3.05, 3.63) is 88.8 Å². The summed E-state index contributed by atoms with van der Waals surface area (Å²) < 4.78 is 18.4. The summed E-state index contributed by atoms with van der Waals surface area (Å²) in [7, 11) is 1.62. The lowest BCUT2D eigenvalue weighted by Crippen LogP contribution is -2.34. The van der Waals surface area contributed by atoms with E-state index in [1.807, 2.05) is 43.3 Å². The molecule has 1 amide bonds. The normalized spacial score (nSPS) is 16.4. The van der Waals surface area contributed by atoms with Gasteiger partial charge in [-0.25, -0.2) is 14.4 Å². The van der Waals surface area contributed by atoms with Gasteiger partial charge in [0, 0.05) is 31.7 Å². The molecule has 0 saturated carbocycles. The monoisotopic (exact) mass is 448 g/mol. The number of hydrogen-bond acceptors (Lipinski definition) is 5. The quantitative estimate of drug-likeness (QED) is 0.586. The Bertz CT molecular complexity index is 1100. The second kappa shape index (κ2) is 10.5.